The van der Waals surface area contributed by atoms with Gasteiger partial charge in [-0.1, -0.05) is 12.1 Å². The van der Waals surface area contributed by atoms with E-state index in [1.807, 2.05) is 30.3 Å². The van der Waals surface area contributed by atoms with Crippen LogP contribution in [0.5, 0.6) is 11.6 Å². The number of hydrogen-bond donors (Lipinski definition) is 0. The minimum Gasteiger partial charge on any atom is -0.438 e. The van der Waals surface area contributed by atoms with Crippen molar-refractivity contribution in [2.75, 3.05) is 13.7 Å². The maximum Gasteiger partial charge on any atom is 0.233 e. The third-order valence-corrected chi connectivity index (χ3v) is 3.51. The highest BCUT2D eigenvalue weighted by Crippen LogP contribution is 2.29. The second-order valence-corrected chi connectivity index (χ2v) is 5.70. The summed E-state index contributed by atoms with van der Waals surface area (Å²) in [5.74, 6) is 1.31. The van der Waals surface area contributed by atoms with Crippen LogP contribution < -0.4 is 4.74 Å². The van der Waals surface area contributed by atoms with Crippen molar-refractivity contribution in [1.29, 1.82) is 0 Å². The van der Waals surface area contributed by atoms with Crippen molar-refractivity contribution in [1.82, 2.24) is 4.98 Å². The molecule has 0 fully saturated rings. The molecule has 3 nitrogen and oxygen atoms in total. The second kappa shape index (κ2) is 7.03. The molecule has 0 saturated heterocycles. The van der Waals surface area contributed by atoms with Crippen LogP contribution in [0.2, 0.25) is 0 Å². The van der Waals surface area contributed by atoms with Crippen LogP contribution in [0.1, 0.15) is 5.56 Å². The van der Waals surface area contributed by atoms with E-state index in [4.69, 9.17) is 9.47 Å². The molecule has 0 aliphatic heterocycles. The Labute approximate surface area is 129 Å². The van der Waals surface area contributed by atoms with Crippen molar-refractivity contribution in [3.63, 3.8) is 0 Å². The fourth-order valence-corrected chi connectivity index (χ4v) is 2.60. The second-order valence-electron chi connectivity index (χ2n) is 3.93. The van der Waals surface area contributed by atoms with E-state index < -0.39 is 0 Å². The fraction of sp³-hybridized carbons (Fsp3) is 0.214. The molecular weight excluding hydrogens is 374 g/mol. The minimum atomic E-state index is 0.549. The van der Waals surface area contributed by atoms with Gasteiger partial charge in [-0.2, -0.15) is 0 Å². The van der Waals surface area contributed by atoms with Crippen LogP contribution in [0.4, 0.5) is 0 Å². The molecule has 19 heavy (non-hydrogen) atoms. The molecule has 1 aromatic carbocycles. The Morgan fingerprint density at radius 1 is 1.16 bits per heavy atom. The third kappa shape index (κ3) is 4.30. The van der Waals surface area contributed by atoms with Crippen LogP contribution in [0.15, 0.2) is 45.5 Å². The molecule has 100 valence electrons. The quantitative estimate of drug-likeness (QED) is 0.753. The number of rotatable bonds is 5. The lowest BCUT2D eigenvalue weighted by atomic mass is 10.1. The third-order valence-electron chi connectivity index (χ3n) is 2.51. The number of halogens is 2. The van der Waals surface area contributed by atoms with Gasteiger partial charge >= 0.3 is 0 Å². The molecule has 0 aliphatic carbocycles. The van der Waals surface area contributed by atoms with E-state index in [-0.39, 0.29) is 0 Å². The lowest BCUT2D eigenvalue weighted by Gasteiger charge is -2.07. The zero-order chi connectivity index (χ0) is 13.7. The summed E-state index contributed by atoms with van der Waals surface area (Å²) in [6.45, 7) is 0.722. The van der Waals surface area contributed by atoms with Crippen LogP contribution in [0, 0.1) is 0 Å². The highest BCUT2D eigenvalue weighted by atomic mass is 79.9. The van der Waals surface area contributed by atoms with E-state index in [0.717, 1.165) is 27.7 Å². The Morgan fingerprint density at radius 3 is 2.53 bits per heavy atom. The first kappa shape index (κ1) is 14.5. The highest BCUT2D eigenvalue weighted by molar-refractivity contribution is 9.11. The van der Waals surface area contributed by atoms with Crippen LogP contribution in [0.25, 0.3) is 0 Å². The van der Waals surface area contributed by atoms with Crippen molar-refractivity contribution in [3.05, 3.63) is 51.0 Å². The lowest BCUT2D eigenvalue weighted by molar-refractivity contribution is 0.202. The summed E-state index contributed by atoms with van der Waals surface area (Å²) in [6, 6.07) is 9.82. The van der Waals surface area contributed by atoms with Gasteiger partial charge in [0, 0.05) is 17.8 Å². The zero-order valence-corrected chi connectivity index (χ0v) is 13.6. The Morgan fingerprint density at radius 2 is 1.89 bits per heavy atom. The van der Waals surface area contributed by atoms with E-state index in [0.29, 0.717) is 5.88 Å². The van der Waals surface area contributed by atoms with Gasteiger partial charge in [0.1, 0.15) is 5.75 Å². The van der Waals surface area contributed by atoms with Crippen molar-refractivity contribution in [2.24, 2.45) is 0 Å². The highest BCUT2D eigenvalue weighted by Gasteiger charge is 2.05. The van der Waals surface area contributed by atoms with Crippen molar-refractivity contribution < 1.29 is 9.47 Å². The Hall–Kier alpha value is -0.910. The van der Waals surface area contributed by atoms with Crippen LogP contribution >= 0.6 is 31.9 Å². The van der Waals surface area contributed by atoms with Gasteiger partial charge in [0.25, 0.3) is 0 Å². The SMILES string of the molecule is COCCc1ccc(Oc2ncc(Br)cc2Br)cc1. The van der Waals surface area contributed by atoms with Crippen LogP contribution in [0.3, 0.4) is 0 Å². The summed E-state index contributed by atoms with van der Waals surface area (Å²) < 4.78 is 12.5. The topological polar surface area (TPSA) is 31.4 Å². The van der Waals surface area contributed by atoms with Gasteiger partial charge in [-0.3, -0.25) is 0 Å². The first-order chi connectivity index (χ1) is 9.19. The molecule has 0 spiro atoms. The molecule has 2 rings (SSSR count). The monoisotopic (exact) mass is 385 g/mol. The van der Waals surface area contributed by atoms with E-state index >= 15 is 0 Å². The average Bonchev–Trinajstić information content (AvgIpc) is 2.41. The fourth-order valence-electron chi connectivity index (χ4n) is 1.53. The van der Waals surface area contributed by atoms with Gasteiger partial charge in [0.05, 0.1) is 11.1 Å². The molecular formula is C14H13Br2NO2. The standard InChI is InChI=1S/C14H13Br2NO2/c1-18-7-6-10-2-4-12(5-3-10)19-14-13(16)8-11(15)9-17-14/h2-5,8-9H,6-7H2,1H3. The molecule has 2 aromatic rings. The smallest absolute Gasteiger partial charge is 0.233 e. The van der Waals surface area contributed by atoms with E-state index in [1.54, 1.807) is 13.3 Å². The van der Waals surface area contributed by atoms with Gasteiger partial charge in [-0.25, -0.2) is 4.98 Å². The Kier molecular flexibility index (Phi) is 5.36. The zero-order valence-electron chi connectivity index (χ0n) is 10.4. The maximum absolute atomic E-state index is 5.71. The number of methoxy groups -OCH3 is 1. The summed E-state index contributed by atoms with van der Waals surface area (Å²) in [5, 5.41) is 0. The molecule has 0 unspecified atom stereocenters. The number of pyridine rings is 1. The van der Waals surface area contributed by atoms with Crippen molar-refractivity contribution in [2.45, 2.75) is 6.42 Å². The average molecular weight is 387 g/mol. The van der Waals surface area contributed by atoms with Crippen molar-refractivity contribution >= 4 is 31.9 Å². The largest absolute Gasteiger partial charge is 0.438 e. The van der Waals surface area contributed by atoms with E-state index in [9.17, 15) is 0 Å². The maximum atomic E-state index is 5.71. The Bertz CT molecular complexity index is 544. The molecule has 0 aliphatic rings. The molecule has 0 saturated carbocycles. The molecule has 5 heteroatoms. The molecule has 0 radical (unpaired) electrons. The number of ether oxygens (including phenoxy) is 2. The summed E-state index contributed by atoms with van der Waals surface area (Å²) in [6.07, 6.45) is 2.60. The lowest BCUT2D eigenvalue weighted by Crippen LogP contribution is -1.94. The number of benzene rings is 1. The Balaban J connectivity index is 2.06. The van der Waals surface area contributed by atoms with E-state index in [2.05, 4.69) is 36.8 Å². The summed E-state index contributed by atoms with van der Waals surface area (Å²) in [5.41, 5.74) is 1.22. The molecule has 0 atom stereocenters. The van der Waals surface area contributed by atoms with Gasteiger partial charge in [-0.05, 0) is 62.0 Å². The molecule has 0 amide bonds. The van der Waals surface area contributed by atoms with Gasteiger partial charge in [0.2, 0.25) is 5.88 Å². The minimum absolute atomic E-state index is 0.549. The molecule has 0 N–H and O–H groups in total. The van der Waals surface area contributed by atoms with Crippen LogP contribution in [-0.4, -0.2) is 18.7 Å². The first-order valence-corrected chi connectivity index (χ1v) is 7.34. The van der Waals surface area contributed by atoms with Crippen LogP contribution in [-0.2, 0) is 11.2 Å². The molecule has 0 bridgehead atoms. The van der Waals surface area contributed by atoms with Crippen molar-refractivity contribution in [3.8, 4) is 11.6 Å². The normalized spacial score (nSPS) is 10.5. The van der Waals surface area contributed by atoms with Gasteiger partial charge < -0.3 is 9.47 Å². The summed E-state index contributed by atoms with van der Waals surface area (Å²) in [4.78, 5) is 4.21. The first-order valence-electron chi connectivity index (χ1n) is 5.76. The summed E-state index contributed by atoms with van der Waals surface area (Å²) >= 11 is 6.77. The number of nitrogens with zero attached hydrogens (tertiary/aromatic N) is 1. The molecule has 1 aromatic heterocycles. The van der Waals surface area contributed by atoms with Gasteiger partial charge in [-0.15, -0.1) is 0 Å². The predicted octanol–water partition coefficient (Wildman–Crippen LogP) is 4.59. The molecule has 1 heterocycles. The van der Waals surface area contributed by atoms with Gasteiger partial charge in [0.15, 0.2) is 0 Å². The van der Waals surface area contributed by atoms with E-state index in [1.165, 1.54) is 5.56 Å². The number of hydrogen-bond acceptors (Lipinski definition) is 3. The predicted molar refractivity (Wildman–Crippen MR) is 81.7 cm³/mol. The summed E-state index contributed by atoms with van der Waals surface area (Å²) in [7, 11) is 1.70. The number of aromatic nitrogens is 1.